The first-order valence-corrected chi connectivity index (χ1v) is 5.72. The minimum atomic E-state index is -0.854. The van der Waals surface area contributed by atoms with Crippen LogP contribution in [-0.4, -0.2) is 27.2 Å². The largest absolute Gasteiger partial charge is 0.391 e. The quantitative estimate of drug-likeness (QED) is 0.570. The first-order chi connectivity index (χ1) is 7.13. The molecule has 88 valence electrons. The van der Waals surface area contributed by atoms with E-state index >= 15 is 0 Å². The highest BCUT2D eigenvalue weighted by atomic mass is 32.1. The predicted molar refractivity (Wildman–Crippen MR) is 63.5 cm³/mol. The topological polar surface area (TPSA) is 63.4 Å². The molecule has 2 amide bonds. The lowest BCUT2D eigenvalue weighted by Crippen LogP contribution is -2.56. The molecular weight excluding hydrogens is 224 g/mol. The molecule has 1 heterocycles. The molecule has 0 bridgehead atoms. The minimum Gasteiger partial charge on any atom is -0.391 e. The number of hydrogen-bond donors (Lipinski definition) is 1. The summed E-state index contributed by atoms with van der Waals surface area (Å²) in [6.45, 7) is 7.32. The number of likely N-dealkylation sites (tertiary alicyclic amines) is 1. The average molecular weight is 240 g/mol. The number of rotatable bonds is 2. The highest BCUT2D eigenvalue weighted by molar-refractivity contribution is 7.80. The second kappa shape index (κ2) is 2.83. The molecule has 0 spiro atoms. The van der Waals surface area contributed by atoms with Gasteiger partial charge in [0.15, 0.2) is 0 Å². The first kappa shape index (κ1) is 11.5. The van der Waals surface area contributed by atoms with Crippen molar-refractivity contribution in [3.63, 3.8) is 0 Å². The van der Waals surface area contributed by atoms with Gasteiger partial charge in [-0.15, -0.1) is 0 Å². The molecule has 2 fully saturated rings. The van der Waals surface area contributed by atoms with Crippen LogP contribution in [0.1, 0.15) is 27.7 Å². The third kappa shape index (κ3) is 1.12. The Morgan fingerprint density at radius 1 is 1.31 bits per heavy atom. The van der Waals surface area contributed by atoms with E-state index < -0.39 is 5.54 Å². The van der Waals surface area contributed by atoms with E-state index in [2.05, 4.69) is 0 Å². The molecular formula is C11H16N2O2S. The number of thiocarbonyl (C=S) groups is 1. The first-order valence-electron chi connectivity index (χ1n) is 5.31. The van der Waals surface area contributed by atoms with E-state index in [0.717, 1.165) is 0 Å². The summed E-state index contributed by atoms with van der Waals surface area (Å²) < 4.78 is 0. The zero-order valence-corrected chi connectivity index (χ0v) is 10.7. The van der Waals surface area contributed by atoms with Gasteiger partial charge in [-0.2, -0.15) is 0 Å². The van der Waals surface area contributed by atoms with Gasteiger partial charge in [0.25, 0.3) is 0 Å². The van der Waals surface area contributed by atoms with Gasteiger partial charge in [0, 0.05) is 0 Å². The van der Waals surface area contributed by atoms with Crippen LogP contribution in [0.3, 0.4) is 0 Å². The highest BCUT2D eigenvalue weighted by Crippen LogP contribution is 2.64. The van der Waals surface area contributed by atoms with Gasteiger partial charge < -0.3 is 5.73 Å². The summed E-state index contributed by atoms with van der Waals surface area (Å²) in [5, 5.41) is 0. The maximum absolute atomic E-state index is 12.1. The molecule has 0 aromatic carbocycles. The Balaban J connectivity index is 2.34. The van der Waals surface area contributed by atoms with Crippen molar-refractivity contribution in [1.82, 2.24) is 4.90 Å². The molecule has 2 aliphatic rings. The van der Waals surface area contributed by atoms with Gasteiger partial charge in [-0.05, 0) is 19.3 Å². The summed E-state index contributed by atoms with van der Waals surface area (Å²) in [4.78, 5) is 25.6. The number of carbonyl (C=O) groups excluding carboxylic acids is 2. The Kier molecular flexibility index (Phi) is 2.03. The fraction of sp³-hybridized carbons (Fsp3) is 0.727. The van der Waals surface area contributed by atoms with Crippen LogP contribution in [0.5, 0.6) is 0 Å². The van der Waals surface area contributed by atoms with Crippen LogP contribution in [0.2, 0.25) is 0 Å². The van der Waals surface area contributed by atoms with E-state index in [1.54, 1.807) is 13.8 Å². The van der Waals surface area contributed by atoms with Gasteiger partial charge in [-0.1, -0.05) is 26.1 Å². The van der Waals surface area contributed by atoms with E-state index in [0.29, 0.717) is 0 Å². The van der Waals surface area contributed by atoms with Crippen molar-refractivity contribution in [2.45, 2.75) is 33.2 Å². The summed E-state index contributed by atoms with van der Waals surface area (Å²) in [5.41, 5.74) is 4.55. The van der Waals surface area contributed by atoms with Gasteiger partial charge in [0.05, 0.1) is 22.4 Å². The Morgan fingerprint density at radius 2 is 1.69 bits per heavy atom. The molecule has 2 N–H and O–H groups in total. The van der Waals surface area contributed by atoms with Crippen molar-refractivity contribution in [3.8, 4) is 0 Å². The van der Waals surface area contributed by atoms with E-state index in [4.69, 9.17) is 18.0 Å². The van der Waals surface area contributed by atoms with E-state index in [-0.39, 0.29) is 34.1 Å². The van der Waals surface area contributed by atoms with E-state index in [9.17, 15) is 9.59 Å². The van der Waals surface area contributed by atoms with Gasteiger partial charge in [-0.3, -0.25) is 14.5 Å². The lowest BCUT2D eigenvalue weighted by Gasteiger charge is -2.35. The van der Waals surface area contributed by atoms with Crippen LogP contribution in [0.25, 0.3) is 0 Å². The van der Waals surface area contributed by atoms with Crippen LogP contribution in [-0.2, 0) is 9.59 Å². The van der Waals surface area contributed by atoms with Gasteiger partial charge in [0.1, 0.15) is 0 Å². The highest BCUT2D eigenvalue weighted by Gasteiger charge is 2.74. The monoisotopic (exact) mass is 240 g/mol. The fourth-order valence-corrected chi connectivity index (χ4v) is 2.70. The van der Waals surface area contributed by atoms with Crippen LogP contribution in [0, 0.1) is 17.3 Å². The molecule has 0 aromatic heterocycles. The van der Waals surface area contributed by atoms with Crippen LogP contribution in [0.4, 0.5) is 0 Å². The number of hydrogen-bond acceptors (Lipinski definition) is 3. The summed E-state index contributed by atoms with van der Waals surface area (Å²) in [5.74, 6) is -0.599. The smallest absolute Gasteiger partial charge is 0.234 e. The normalized spacial score (nSPS) is 31.6. The zero-order chi connectivity index (χ0) is 12.5. The Hall–Kier alpha value is -0.970. The van der Waals surface area contributed by atoms with Crippen molar-refractivity contribution in [2.24, 2.45) is 23.0 Å². The van der Waals surface area contributed by atoms with Crippen molar-refractivity contribution in [2.75, 3.05) is 0 Å². The summed E-state index contributed by atoms with van der Waals surface area (Å²) in [7, 11) is 0. The molecule has 1 aliphatic carbocycles. The Morgan fingerprint density at radius 3 is 2.00 bits per heavy atom. The van der Waals surface area contributed by atoms with Crippen molar-refractivity contribution in [3.05, 3.63) is 0 Å². The van der Waals surface area contributed by atoms with Gasteiger partial charge in [-0.25, -0.2) is 0 Å². The summed E-state index contributed by atoms with van der Waals surface area (Å²) in [6.07, 6.45) is 0. The maximum Gasteiger partial charge on any atom is 0.234 e. The number of nitrogens with two attached hydrogens (primary N) is 1. The molecule has 4 nitrogen and oxygen atoms in total. The van der Waals surface area contributed by atoms with Crippen molar-refractivity contribution >= 4 is 29.0 Å². The maximum atomic E-state index is 12.1. The molecule has 2 rings (SSSR count). The lowest BCUT2D eigenvalue weighted by atomic mass is 9.98. The minimum absolute atomic E-state index is 0.127. The number of carbonyl (C=O) groups is 2. The number of fused-ring (bicyclic) bond motifs is 1. The predicted octanol–water partition coefficient (Wildman–Crippen LogP) is 0.692. The lowest BCUT2D eigenvalue weighted by molar-refractivity contribution is -0.146. The molecule has 2 atom stereocenters. The molecule has 0 aromatic rings. The summed E-state index contributed by atoms with van der Waals surface area (Å²) in [6, 6.07) is 0. The molecule has 0 radical (unpaired) electrons. The third-order valence-electron chi connectivity index (χ3n) is 3.96. The fourth-order valence-electron chi connectivity index (χ4n) is 2.61. The molecule has 1 aliphatic heterocycles. The molecule has 1 saturated heterocycles. The third-order valence-corrected chi connectivity index (χ3v) is 4.46. The van der Waals surface area contributed by atoms with Crippen LogP contribution >= 0.6 is 12.2 Å². The molecule has 5 heteroatoms. The Bertz CT molecular complexity index is 390. The van der Waals surface area contributed by atoms with Gasteiger partial charge in [0.2, 0.25) is 11.8 Å². The van der Waals surface area contributed by atoms with Crippen molar-refractivity contribution < 1.29 is 9.59 Å². The number of nitrogens with zero attached hydrogens (tertiary/aromatic N) is 1. The second-order valence-corrected chi connectivity index (χ2v) is 6.15. The Labute approximate surface area is 100 Å². The molecule has 2 unspecified atom stereocenters. The standard InChI is InChI=1S/C11H16N2O2S/c1-10(2)5-6(10)8(15)13(7(5)14)11(3,4)9(12)16/h5-6H,1-4H3,(H2,12,16). The van der Waals surface area contributed by atoms with E-state index in [1.165, 1.54) is 4.90 Å². The zero-order valence-electron chi connectivity index (χ0n) is 9.90. The number of piperidine rings is 1. The second-order valence-electron chi connectivity index (χ2n) is 5.71. The van der Waals surface area contributed by atoms with Crippen LogP contribution in [0.15, 0.2) is 0 Å². The number of imide groups is 1. The molecule has 1 saturated carbocycles. The van der Waals surface area contributed by atoms with Gasteiger partial charge >= 0.3 is 0 Å². The van der Waals surface area contributed by atoms with E-state index in [1.807, 2.05) is 13.8 Å². The number of amides is 2. The van der Waals surface area contributed by atoms with Crippen molar-refractivity contribution in [1.29, 1.82) is 0 Å². The summed E-state index contributed by atoms with van der Waals surface area (Å²) >= 11 is 4.92. The average Bonchev–Trinajstić information content (AvgIpc) is 2.54. The SMILES string of the molecule is CC1(C)C2C(=O)N(C(C)(C)C(N)=S)C(=O)C21. The molecule has 16 heavy (non-hydrogen) atoms. The van der Waals surface area contributed by atoms with Crippen LogP contribution < -0.4 is 5.73 Å².